The highest BCUT2D eigenvalue weighted by Gasteiger charge is 2.23. The molecule has 0 aromatic carbocycles. The molecular formula is C13H25NO2. The lowest BCUT2D eigenvalue weighted by molar-refractivity contribution is -0.0427. The zero-order valence-electron chi connectivity index (χ0n) is 10.6. The quantitative estimate of drug-likeness (QED) is 0.534. The Morgan fingerprint density at radius 1 is 1.31 bits per heavy atom. The molecule has 1 heterocycles. The van der Waals surface area contributed by atoms with Crippen LogP contribution in [-0.2, 0) is 9.47 Å². The smallest absolute Gasteiger partial charge is 0.0591 e. The summed E-state index contributed by atoms with van der Waals surface area (Å²) in [7, 11) is 0. The molecule has 1 saturated heterocycles. The van der Waals surface area contributed by atoms with Gasteiger partial charge in [0.1, 0.15) is 0 Å². The van der Waals surface area contributed by atoms with Gasteiger partial charge < -0.3 is 14.8 Å². The van der Waals surface area contributed by atoms with Crippen molar-refractivity contribution in [2.45, 2.75) is 51.4 Å². The lowest BCUT2D eigenvalue weighted by atomic mass is 10.00. The summed E-state index contributed by atoms with van der Waals surface area (Å²) in [6, 6.07) is 0.585. The minimum absolute atomic E-state index is 0.378. The molecule has 1 aliphatic rings. The summed E-state index contributed by atoms with van der Waals surface area (Å²) in [6.45, 7) is 10.4. The van der Waals surface area contributed by atoms with E-state index in [4.69, 9.17) is 9.47 Å². The second-order valence-corrected chi connectivity index (χ2v) is 4.57. The molecule has 1 aliphatic heterocycles. The maximum atomic E-state index is 5.69. The summed E-state index contributed by atoms with van der Waals surface area (Å²) in [5.74, 6) is 0. The van der Waals surface area contributed by atoms with Crippen molar-refractivity contribution in [3.63, 3.8) is 0 Å². The number of hydrogen-bond donors (Lipinski definition) is 1. The average Bonchev–Trinajstić information content (AvgIpc) is 2.22. The molecule has 16 heavy (non-hydrogen) atoms. The van der Waals surface area contributed by atoms with Crippen molar-refractivity contribution in [3.8, 4) is 0 Å². The molecule has 1 N–H and O–H groups in total. The fourth-order valence-corrected chi connectivity index (χ4v) is 2.18. The second kappa shape index (κ2) is 7.82. The summed E-state index contributed by atoms with van der Waals surface area (Å²) in [6.07, 6.45) is 5.79. The molecule has 94 valence electrons. The van der Waals surface area contributed by atoms with Crippen LogP contribution in [0.2, 0.25) is 0 Å². The standard InChI is InChI=1S/C13H25NO2/c1-4-5-7-15-8-6-14-13-9-11(2)16-12(3)10-13/h4,11-14H,1,5-10H2,2-3H3. The van der Waals surface area contributed by atoms with Crippen molar-refractivity contribution >= 4 is 0 Å². The van der Waals surface area contributed by atoms with E-state index in [0.29, 0.717) is 18.2 Å². The van der Waals surface area contributed by atoms with Crippen LogP contribution in [0.1, 0.15) is 33.1 Å². The third-order valence-electron chi connectivity index (χ3n) is 2.84. The zero-order valence-corrected chi connectivity index (χ0v) is 10.6. The van der Waals surface area contributed by atoms with Gasteiger partial charge in [-0.3, -0.25) is 0 Å². The summed E-state index contributed by atoms with van der Waals surface area (Å²) >= 11 is 0. The second-order valence-electron chi connectivity index (χ2n) is 4.57. The minimum Gasteiger partial charge on any atom is -0.380 e. The zero-order chi connectivity index (χ0) is 11.8. The lowest BCUT2D eigenvalue weighted by Crippen LogP contribution is -2.42. The fraction of sp³-hybridized carbons (Fsp3) is 0.846. The van der Waals surface area contributed by atoms with Crippen LogP contribution in [0, 0.1) is 0 Å². The Balaban J connectivity index is 2.01. The highest BCUT2D eigenvalue weighted by molar-refractivity contribution is 4.78. The Hall–Kier alpha value is -0.380. The molecule has 0 aromatic heterocycles. The van der Waals surface area contributed by atoms with E-state index in [0.717, 1.165) is 39.0 Å². The molecule has 3 heteroatoms. The maximum Gasteiger partial charge on any atom is 0.0591 e. The van der Waals surface area contributed by atoms with Crippen LogP contribution in [0.15, 0.2) is 12.7 Å². The molecule has 0 amide bonds. The van der Waals surface area contributed by atoms with Gasteiger partial charge >= 0.3 is 0 Å². The molecule has 0 bridgehead atoms. The van der Waals surface area contributed by atoms with E-state index in [9.17, 15) is 0 Å². The average molecular weight is 227 g/mol. The van der Waals surface area contributed by atoms with Crippen LogP contribution < -0.4 is 5.32 Å². The van der Waals surface area contributed by atoms with E-state index in [1.807, 2.05) is 6.08 Å². The van der Waals surface area contributed by atoms with E-state index in [2.05, 4.69) is 25.7 Å². The molecule has 3 nitrogen and oxygen atoms in total. The third-order valence-corrected chi connectivity index (χ3v) is 2.84. The Labute approximate surface area is 99.2 Å². The van der Waals surface area contributed by atoms with Crippen LogP contribution >= 0.6 is 0 Å². The predicted octanol–water partition coefficient (Wildman–Crippen LogP) is 2.12. The molecule has 0 aromatic rings. The normalized spacial score (nSPS) is 30.2. The van der Waals surface area contributed by atoms with Crippen molar-refractivity contribution in [1.82, 2.24) is 5.32 Å². The topological polar surface area (TPSA) is 30.5 Å². The fourth-order valence-electron chi connectivity index (χ4n) is 2.18. The summed E-state index contributed by atoms with van der Waals surface area (Å²) in [5.41, 5.74) is 0. The number of rotatable bonds is 7. The van der Waals surface area contributed by atoms with Crippen LogP contribution in [0.4, 0.5) is 0 Å². The van der Waals surface area contributed by atoms with E-state index < -0.39 is 0 Å². The predicted molar refractivity (Wildman–Crippen MR) is 66.7 cm³/mol. The molecule has 0 aliphatic carbocycles. The first-order chi connectivity index (χ1) is 7.72. The van der Waals surface area contributed by atoms with E-state index in [-0.39, 0.29) is 0 Å². The van der Waals surface area contributed by atoms with Crippen molar-refractivity contribution in [2.75, 3.05) is 19.8 Å². The van der Waals surface area contributed by atoms with Gasteiger partial charge in [-0.1, -0.05) is 6.08 Å². The van der Waals surface area contributed by atoms with Gasteiger partial charge in [-0.2, -0.15) is 0 Å². The van der Waals surface area contributed by atoms with E-state index in [1.165, 1.54) is 0 Å². The monoisotopic (exact) mass is 227 g/mol. The van der Waals surface area contributed by atoms with Crippen molar-refractivity contribution in [1.29, 1.82) is 0 Å². The van der Waals surface area contributed by atoms with Gasteiger partial charge in [-0.05, 0) is 33.1 Å². The van der Waals surface area contributed by atoms with Crippen molar-refractivity contribution < 1.29 is 9.47 Å². The van der Waals surface area contributed by atoms with Crippen LogP contribution in [0.25, 0.3) is 0 Å². The largest absolute Gasteiger partial charge is 0.380 e. The summed E-state index contributed by atoms with van der Waals surface area (Å²) < 4.78 is 11.1. The van der Waals surface area contributed by atoms with Crippen molar-refractivity contribution in [2.24, 2.45) is 0 Å². The lowest BCUT2D eigenvalue weighted by Gasteiger charge is -2.32. The molecule has 0 saturated carbocycles. The van der Waals surface area contributed by atoms with Gasteiger partial charge in [-0.25, -0.2) is 0 Å². The number of nitrogens with one attached hydrogen (secondary N) is 1. The Bertz CT molecular complexity index is 186. The van der Waals surface area contributed by atoms with Crippen LogP contribution in [0.5, 0.6) is 0 Å². The van der Waals surface area contributed by atoms with E-state index >= 15 is 0 Å². The molecule has 1 fully saturated rings. The van der Waals surface area contributed by atoms with Gasteiger partial charge in [0.25, 0.3) is 0 Å². The van der Waals surface area contributed by atoms with Gasteiger partial charge in [0.15, 0.2) is 0 Å². The first kappa shape index (κ1) is 13.7. The first-order valence-corrected chi connectivity index (χ1v) is 6.30. The Kier molecular flexibility index (Phi) is 6.69. The molecule has 2 atom stereocenters. The summed E-state index contributed by atoms with van der Waals surface area (Å²) in [4.78, 5) is 0. The highest BCUT2D eigenvalue weighted by atomic mass is 16.5. The van der Waals surface area contributed by atoms with Crippen LogP contribution in [-0.4, -0.2) is 38.0 Å². The highest BCUT2D eigenvalue weighted by Crippen LogP contribution is 2.18. The molecule has 0 radical (unpaired) electrons. The molecule has 0 spiro atoms. The molecule has 1 rings (SSSR count). The summed E-state index contributed by atoms with van der Waals surface area (Å²) in [5, 5.41) is 3.53. The van der Waals surface area contributed by atoms with Gasteiger partial charge in [-0.15, -0.1) is 6.58 Å². The first-order valence-electron chi connectivity index (χ1n) is 6.30. The maximum absolute atomic E-state index is 5.69. The van der Waals surface area contributed by atoms with Crippen molar-refractivity contribution in [3.05, 3.63) is 12.7 Å². The number of hydrogen-bond acceptors (Lipinski definition) is 3. The molecule has 2 unspecified atom stereocenters. The number of ether oxygens (including phenoxy) is 2. The Morgan fingerprint density at radius 3 is 2.62 bits per heavy atom. The van der Waals surface area contributed by atoms with Gasteiger partial charge in [0, 0.05) is 12.6 Å². The Morgan fingerprint density at radius 2 is 2.00 bits per heavy atom. The van der Waals surface area contributed by atoms with Gasteiger partial charge in [0.2, 0.25) is 0 Å². The molecular weight excluding hydrogens is 202 g/mol. The van der Waals surface area contributed by atoms with E-state index in [1.54, 1.807) is 0 Å². The third kappa shape index (κ3) is 5.64. The van der Waals surface area contributed by atoms with Gasteiger partial charge in [0.05, 0.1) is 25.4 Å². The minimum atomic E-state index is 0.378. The van der Waals surface area contributed by atoms with Crippen LogP contribution in [0.3, 0.4) is 0 Å². The SMILES string of the molecule is C=CCCOCCNC1CC(C)OC(C)C1.